The monoisotopic (exact) mass is 441 g/mol. The fraction of sp³-hybridized carbons (Fsp3) is 0.370. The molecule has 2 fully saturated rings. The molecule has 1 aromatic carbocycles. The summed E-state index contributed by atoms with van der Waals surface area (Å²) in [7, 11) is 0. The lowest BCUT2D eigenvalue weighted by Gasteiger charge is -2.37. The average Bonchev–Trinajstić information content (AvgIpc) is 3.54. The van der Waals surface area contributed by atoms with Crippen LogP contribution in [-0.2, 0) is 11.3 Å². The first-order chi connectivity index (χ1) is 16.3. The minimum Gasteiger partial charge on any atom is -0.337 e. The number of piperazine rings is 1. The first-order valence-electron chi connectivity index (χ1n) is 12.0. The van der Waals surface area contributed by atoms with Crippen LogP contribution in [0.5, 0.6) is 0 Å². The number of carbonyl (C=O) groups is 1. The predicted molar refractivity (Wildman–Crippen MR) is 130 cm³/mol. The number of hydrogen-bond acceptors (Lipinski definition) is 4. The lowest BCUT2D eigenvalue weighted by molar-refractivity contribution is -0.127. The molecule has 1 amide bonds. The fourth-order valence-electron chi connectivity index (χ4n) is 4.98. The molecule has 0 spiro atoms. The SMILES string of the molecule is O=C(/C=C/c1cn(Cc2ccccc2)nc1-c1cccnc1)N1CCN(C2CCCC2)CC1. The highest BCUT2D eigenvalue weighted by molar-refractivity contribution is 5.92. The Balaban J connectivity index is 1.30. The molecule has 0 N–H and O–H groups in total. The quantitative estimate of drug-likeness (QED) is 0.541. The second-order valence-corrected chi connectivity index (χ2v) is 8.99. The maximum absolute atomic E-state index is 12.9. The van der Waals surface area contributed by atoms with E-state index >= 15 is 0 Å². The van der Waals surface area contributed by atoms with Gasteiger partial charge in [0, 0.05) is 68.0 Å². The summed E-state index contributed by atoms with van der Waals surface area (Å²) < 4.78 is 1.93. The number of rotatable bonds is 6. The van der Waals surface area contributed by atoms with Gasteiger partial charge < -0.3 is 4.90 Å². The molecule has 2 aromatic heterocycles. The smallest absolute Gasteiger partial charge is 0.246 e. The third-order valence-corrected chi connectivity index (χ3v) is 6.78. The van der Waals surface area contributed by atoms with Crippen molar-refractivity contribution in [2.75, 3.05) is 26.2 Å². The number of pyridine rings is 1. The van der Waals surface area contributed by atoms with Crippen molar-refractivity contribution in [1.29, 1.82) is 0 Å². The van der Waals surface area contributed by atoms with Crippen molar-refractivity contribution in [1.82, 2.24) is 24.6 Å². The molecule has 6 nitrogen and oxygen atoms in total. The summed E-state index contributed by atoms with van der Waals surface area (Å²) in [6.45, 7) is 4.27. The van der Waals surface area contributed by atoms with Crippen molar-refractivity contribution in [3.63, 3.8) is 0 Å². The van der Waals surface area contributed by atoms with Crippen molar-refractivity contribution in [3.8, 4) is 11.3 Å². The third kappa shape index (κ3) is 5.22. The van der Waals surface area contributed by atoms with Gasteiger partial charge in [-0.05, 0) is 36.6 Å². The van der Waals surface area contributed by atoms with E-state index in [0.717, 1.165) is 49.0 Å². The minimum atomic E-state index is 0.0778. The van der Waals surface area contributed by atoms with Gasteiger partial charge in [0.2, 0.25) is 5.91 Å². The zero-order valence-corrected chi connectivity index (χ0v) is 19.0. The Bertz CT molecular complexity index is 1080. The molecule has 0 radical (unpaired) electrons. The lowest BCUT2D eigenvalue weighted by atomic mass is 10.1. The maximum atomic E-state index is 12.9. The molecule has 2 aliphatic rings. The van der Waals surface area contributed by atoms with E-state index in [9.17, 15) is 4.79 Å². The third-order valence-electron chi connectivity index (χ3n) is 6.78. The molecule has 3 aromatic rings. The molecule has 0 atom stereocenters. The molecular formula is C27H31N5O. The van der Waals surface area contributed by atoms with Gasteiger partial charge in [0.05, 0.1) is 6.54 Å². The summed E-state index contributed by atoms with van der Waals surface area (Å²) in [5.41, 5.74) is 3.90. The van der Waals surface area contributed by atoms with E-state index in [2.05, 4.69) is 22.0 Å². The average molecular weight is 442 g/mol. The minimum absolute atomic E-state index is 0.0778. The summed E-state index contributed by atoms with van der Waals surface area (Å²) in [6.07, 6.45) is 14.5. The van der Waals surface area contributed by atoms with E-state index in [0.29, 0.717) is 6.54 Å². The second-order valence-electron chi connectivity index (χ2n) is 8.99. The van der Waals surface area contributed by atoms with Crippen molar-refractivity contribution in [3.05, 3.63) is 78.3 Å². The van der Waals surface area contributed by atoms with Gasteiger partial charge in [-0.3, -0.25) is 19.4 Å². The van der Waals surface area contributed by atoms with Gasteiger partial charge in [-0.15, -0.1) is 0 Å². The number of carbonyl (C=O) groups excluding carboxylic acids is 1. The van der Waals surface area contributed by atoms with E-state index < -0.39 is 0 Å². The van der Waals surface area contributed by atoms with Gasteiger partial charge in [-0.25, -0.2) is 0 Å². The molecule has 1 saturated carbocycles. The highest BCUT2D eigenvalue weighted by atomic mass is 16.2. The van der Waals surface area contributed by atoms with Gasteiger partial charge in [0.25, 0.3) is 0 Å². The molecule has 3 heterocycles. The number of benzene rings is 1. The van der Waals surface area contributed by atoms with E-state index in [1.807, 2.05) is 58.4 Å². The molecule has 1 aliphatic heterocycles. The Morgan fingerprint density at radius 1 is 1.00 bits per heavy atom. The fourth-order valence-corrected chi connectivity index (χ4v) is 4.98. The van der Waals surface area contributed by atoms with Crippen molar-refractivity contribution in [2.24, 2.45) is 0 Å². The van der Waals surface area contributed by atoms with Crippen molar-refractivity contribution >= 4 is 12.0 Å². The van der Waals surface area contributed by atoms with Crippen LogP contribution in [0, 0.1) is 0 Å². The van der Waals surface area contributed by atoms with E-state index in [4.69, 9.17) is 5.10 Å². The molecule has 6 heteroatoms. The number of amides is 1. The number of aromatic nitrogens is 3. The van der Waals surface area contributed by atoms with Crippen molar-refractivity contribution < 1.29 is 4.79 Å². The van der Waals surface area contributed by atoms with Crippen LogP contribution in [0.1, 0.15) is 36.8 Å². The standard InChI is InChI=1S/C27H31N5O/c33-26(31-17-15-30(16-18-31)25-10-4-5-11-25)13-12-24-21-32(20-22-7-2-1-3-8-22)29-27(24)23-9-6-14-28-19-23/h1-3,6-9,12-14,19,21,25H,4-5,10-11,15-18,20H2/b13-12+. The Labute approximate surface area is 195 Å². The van der Waals surface area contributed by atoms with Crippen LogP contribution in [0.4, 0.5) is 0 Å². The van der Waals surface area contributed by atoms with Crippen LogP contribution >= 0.6 is 0 Å². The summed E-state index contributed by atoms with van der Waals surface area (Å²) in [4.78, 5) is 21.7. The molecule has 170 valence electrons. The van der Waals surface area contributed by atoms with Crippen LogP contribution in [0.25, 0.3) is 17.3 Å². The Kier molecular flexibility index (Phi) is 6.63. The normalized spacial score (nSPS) is 17.8. The molecular weight excluding hydrogens is 410 g/mol. The predicted octanol–water partition coefficient (Wildman–Crippen LogP) is 4.09. The van der Waals surface area contributed by atoms with Gasteiger partial charge in [0.1, 0.15) is 5.69 Å². The van der Waals surface area contributed by atoms with Gasteiger partial charge in [-0.1, -0.05) is 43.2 Å². The number of hydrogen-bond donors (Lipinski definition) is 0. The molecule has 0 bridgehead atoms. The zero-order valence-electron chi connectivity index (χ0n) is 19.0. The van der Waals surface area contributed by atoms with Crippen LogP contribution in [0.2, 0.25) is 0 Å². The van der Waals surface area contributed by atoms with Crippen LogP contribution in [-0.4, -0.2) is 62.7 Å². The number of nitrogens with zero attached hydrogens (tertiary/aromatic N) is 5. The van der Waals surface area contributed by atoms with Crippen molar-refractivity contribution in [2.45, 2.75) is 38.3 Å². The largest absolute Gasteiger partial charge is 0.337 e. The van der Waals surface area contributed by atoms with E-state index in [1.165, 1.54) is 31.2 Å². The van der Waals surface area contributed by atoms with Crippen LogP contribution in [0.3, 0.4) is 0 Å². The van der Waals surface area contributed by atoms with Crippen LogP contribution < -0.4 is 0 Å². The first kappa shape index (κ1) is 21.6. The molecule has 0 unspecified atom stereocenters. The summed E-state index contributed by atoms with van der Waals surface area (Å²) in [5.74, 6) is 0.0778. The highest BCUT2D eigenvalue weighted by Crippen LogP contribution is 2.25. The van der Waals surface area contributed by atoms with Gasteiger partial charge >= 0.3 is 0 Å². The topological polar surface area (TPSA) is 54.3 Å². The Morgan fingerprint density at radius 3 is 2.52 bits per heavy atom. The first-order valence-corrected chi connectivity index (χ1v) is 12.0. The van der Waals surface area contributed by atoms with E-state index in [1.54, 1.807) is 12.3 Å². The van der Waals surface area contributed by atoms with Gasteiger partial charge in [-0.2, -0.15) is 5.10 Å². The molecule has 33 heavy (non-hydrogen) atoms. The Morgan fingerprint density at radius 2 is 1.79 bits per heavy atom. The molecule has 1 aliphatic carbocycles. The van der Waals surface area contributed by atoms with Gasteiger partial charge in [0.15, 0.2) is 0 Å². The lowest BCUT2D eigenvalue weighted by Crippen LogP contribution is -2.51. The molecule has 1 saturated heterocycles. The second kappa shape index (κ2) is 10.1. The summed E-state index contributed by atoms with van der Waals surface area (Å²) >= 11 is 0. The maximum Gasteiger partial charge on any atom is 0.246 e. The summed E-state index contributed by atoms with van der Waals surface area (Å²) in [5, 5.41) is 4.81. The Hall–Kier alpha value is -3.25. The van der Waals surface area contributed by atoms with E-state index in [-0.39, 0.29) is 5.91 Å². The van der Waals surface area contributed by atoms with Crippen LogP contribution in [0.15, 0.2) is 67.1 Å². The zero-order chi connectivity index (χ0) is 22.5. The highest BCUT2D eigenvalue weighted by Gasteiger charge is 2.27. The summed E-state index contributed by atoms with van der Waals surface area (Å²) in [6, 6.07) is 14.9. The molecule has 5 rings (SSSR count).